The lowest BCUT2D eigenvalue weighted by Gasteiger charge is -2.30. The van der Waals surface area contributed by atoms with Gasteiger partial charge in [-0.05, 0) is 33.1 Å². The molecular weight excluding hydrogens is 232 g/mol. The molecule has 18 heavy (non-hydrogen) atoms. The van der Waals surface area contributed by atoms with Gasteiger partial charge in [-0.1, -0.05) is 6.42 Å². The second kappa shape index (κ2) is 6.73. The lowest BCUT2D eigenvalue weighted by Crippen LogP contribution is -2.45. The zero-order valence-electron chi connectivity index (χ0n) is 11.3. The second-order valence-electron chi connectivity index (χ2n) is 5.32. The molecule has 1 fully saturated rings. The van der Waals surface area contributed by atoms with Crippen molar-refractivity contribution in [1.82, 2.24) is 4.90 Å². The molecule has 104 valence electrons. The SMILES string of the molecule is CC(C)N(CCCC(=O)O)C(=O)C1CCCC1N. The minimum atomic E-state index is -0.816. The molecule has 0 aromatic rings. The summed E-state index contributed by atoms with van der Waals surface area (Å²) in [4.78, 5) is 24.7. The largest absolute Gasteiger partial charge is 0.481 e. The van der Waals surface area contributed by atoms with Crippen LogP contribution in [0, 0.1) is 5.92 Å². The minimum absolute atomic E-state index is 0.0294. The fourth-order valence-corrected chi connectivity index (χ4v) is 2.53. The van der Waals surface area contributed by atoms with Crippen LogP contribution in [0.5, 0.6) is 0 Å². The van der Waals surface area contributed by atoms with Crippen molar-refractivity contribution in [3.05, 3.63) is 0 Å². The Bertz CT molecular complexity index is 305. The highest BCUT2D eigenvalue weighted by Crippen LogP contribution is 2.26. The lowest BCUT2D eigenvalue weighted by molar-refractivity contribution is -0.140. The van der Waals surface area contributed by atoms with Gasteiger partial charge in [0.1, 0.15) is 0 Å². The molecule has 0 aromatic heterocycles. The van der Waals surface area contributed by atoms with Crippen LogP contribution in [0.4, 0.5) is 0 Å². The van der Waals surface area contributed by atoms with Crippen LogP contribution in [0.25, 0.3) is 0 Å². The fourth-order valence-electron chi connectivity index (χ4n) is 2.53. The first-order chi connectivity index (χ1) is 8.43. The van der Waals surface area contributed by atoms with Gasteiger partial charge in [0.05, 0.1) is 5.92 Å². The van der Waals surface area contributed by atoms with Crippen LogP contribution in [0.1, 0.15) is 46.0 Å². The molecule has 2 atom stereocenters. The van der Waals surface area contributed by atoms with Gasteiger partial charge in [0, 0.05) is 25.0 Å². The monoisotopic (exact) mass is 256 g/mol. The van der Waals surface area contributed by atoms with Crippen LogP contribution < -0.4 is 5.73 Å². The Morgan fingerprint density at radius 3 is 2.50 bits per heavy atom. The number of carboxylic acids is 1. The van der Waals surface area contributed by atoms with Crippen molar-refractivity contribution in [2.24, 2.45) is 11.7 Å². The summed E-state index contributed by atoms with van der Waals surface area (Å²) >= 11 is 0. The van der Waals surface area contributed by atoms with E-state index in [1.807, 2.05) is 13.8 Å². The van der Waals surface area contributed by atoms with Crippen molar-refractivity contribution in [1.29, 1.82) is 0 Å². The molecule has 1 amide bonds. The molecule has 3 N–H and O–H groups in total. The van der Waals surface area contributed by atoms with Crippen molar-refractivity contribution in [2.45, 2.75) is 58.0 Å². The third-order valence-electron chi connectivity index (χ3n) is 3.58. The van der Waals surface area contributed by atoms with E-state index in [4.69, 9.17) is 10.8 Å². The smallest absolute Gasteiger partial charge is 0.303 e. The average Bonchev–Trinajstić information content (AvgIpc) is 2.69. The normalized spacial score (nSPS) is 23.3. The predicted octanol–water partition coefficient (Wildman–Crippen LogP) is 1.22. The number of rotatable bonds is 6. The van der Waals surface area contributed by atoms with E-state index in [1.54, 1.807) is 4.90 Å². The summed E-state index contributed by atoms with van der Waals surface area (Å²) in [5, 5.41) is 8.63. The molecule has 0 bridgehead atoms. The van der Waals surface area contributed by atoms with Gasteiger partial charge >= 0.3 is 5.97 Å². The maximum Gasteiger partial charge on any atom is 0.303 e. The van der Waals surface area contributed by atoms with E-state index in [1.165, 1.54) is 0 Å². The van der Waals surface area contributed by atoms with Crippen molar-refractivity contribution in [2.75, 3.05) is 6.54 Å². The van der Waals surface area contributed by atoms with Crippen LogP contribution >= 0.6 is 0 Å². The molecule has 1 aliphatic rings. The van der Waals surface area contributed by atoms with E-state index in [2.05, 4.69) is 0 Å². The molecular formula is C13H24N2O3. The number of carboxylic acid groups (broad SMARTS) is 1. The van der Waals surface area contributed by atoms with Gasteiger partial charge < -0.3 is 15.7 Å². The Hall–Kier alpha value is -1.10. The molecule has 1 rings (SSSR count). The third-order valence-corrected chi connectivity index (χ3v) is 3.58. The summed E-state index contributed by atoms with van der Waals surface area (Å²) in [7, 11) is 0. The highest BCUT2D eigenvalue weighted by Gasteiger charge is 2.33. The van der Waals surface area contributed by atoms with E-state index in [9.17, 15) is 9.59 Å². The van der Waals surface area contributed by atoms with Crippen molar-refractivity contribution >= 4 is 11.9 Å². The number of hydrogen-bond acceptors (Lipinski definition) is 3. The third kappa shape index (κ3) is 3.98. The van der Waals surface area contributed by atoms with Gasteiger partial charge in [0.2, 0.25) is 5.91 Å². The van der Waals surface area contributed by atoms with E-state index < -0.39 is 5.97 Å². The van der Waals surface area contributed by atoms with Crippen molar-refractivity contribution in [3.8, 4) is 0 Å². The van der Waals surface area contributed by atoms with E-state index in [-0.39, 0.29) is 30.3 Å². The quantitative estimate of drug-likeness (QED) is 0.748. The minimum Gasteiger partial charge on any atom is -0.481 e. The molecule has 1 saturated carbocycles. The van der Waals surface area contributed by atoms with Crippen LogP contribution in [0.2, 0.25) is 0 Å². The van der Waals surface area contributed by atoms with Gasteiger partial charge in [0.15, 0.2) is 0 Å². The number of carbonyl (C=O) groups excluding carboxylic acids is 1. The Labute approximate surface area is 108 Å². The molecule has 1 aliphatic carbocycles. The molecule has 5 nitrogen and oxygen atoms in total. The van der Waals surface area contributed by atoms with Crippen LogP contribution in [-0.4, -0.2) is 40.5 Å². The van der Waals surface area contributed by atoms with Crippen LogP contribution in [0.3, 0.4) is 0 Å². The molecule has 0 aromatic carbocycles. The Morgan fingerprint density at radius 2 is 2.06 bits per heavy atom. The summed E-state index contributed by atoms with van der Waals surface area (Å²) in [6, 6.07) is 0.0670. The van der Waals surface area contributed by atoms with Crippen LogP contribution in [0.15, 0.2) is 0 Å². The molecule has 0 spiro atoms. The Balaban J connectivity index is 2.55. The number of aliphatic carboxylic acids is 1. The van der Waals surface area contributed by atoms with Crippen molar-refractivity contribution in [3.63, 3.8) is 0 Å². The first kappa shape index (κ1) is 15.0. The van der Waals surface area contributed by atoms with Gasteiger partial charge in [0.25, 0.3) is 0 Å². The number of hydrogen-bond donors (Lipinski definition) is 2. The lowest BCUT2D eigenvalue weighted by atomic mass is 10.0. The standard InChI is InChI=1S/C13H24N2O3/c1-9(2)15(8-4-7-12(16)17)13(18)10-5-3-6-11(10)14/h9-11H,3-8,14H2,1-2H3,(H,16,17). The topological polar surface area (TPSA) is 83.6 Å². The summed E-state index contributed by atoms with van der Waals surface area (Å²) < 4.78 is 0. The van der Waals surface area contributed by atoms with Crippen LogP contribution in [-0.2, 0) is 9.59 Å². The zero-order valence-corrected chi connectivity index (χ0v) is 11.3. The molecule has 0 heterocycles. The van der Waals surface area contributed by atoms with E-state index in [0.29, 0.717) is 13.0 Å². The number of carbonyl (C=O) groups is 2. The predicted molar refractivity (Wildman–Crippen MR) is 69.0 cm³/mol. The van der Waals surface area contributed by atoms with Gasteiger partial charge in [-0.25, -0.2) is 0 Å². The number of nitrogens with zero attached hydrogens (tertiary/aromatic N) is 1. The zero-order chi connectivity index (χ0) is 13.7. The first-order valence-electron chi connectivity index (χ1n) is 6.71. The Kier molecular flexibility index (Phi) is 5.59. The first-order valence-corrected chi connectivity index (χ1v) is 6.71. The van der Waals surface area contributed by atoms with Crippen molar-refractivity contribution < 1.29 is 14.7 Å². The van der Waals surface area contributed by atoms with E-state index in [0.717, 1.165) is 19.3 Å². The fraction of sp³-hybridized carbons (Fsp3) is 0.846. The maximum absolute atomic E-state index is 12.4. The maximum atomic E-state index is 12.4. The summed E-state index contributed by atoms with van der Waals surface area (Å²) in [6.45, 7) is 4.42. The van der Waals surface area contributed by atoms with E-state index >= 15 is 0 Å². The number of amides is 1. The molecule has 0 saturated heterocycles. The Morgan fingerprint density at radius 1 is 1.39 bits per heavy atom. The summed E-state index contributed by atoms with van der Waals surface area (Å²) in [5.74, 6) is -0.790. The number of nitrogens with two attached hydrogens (primary N) is 1. The average molecular weight is 256 g/mol. The molecule has 0 radical (unpaired) electrons. The highest BCUT2D eigenvalue weighted by atomic mass is 16.4. The summed E-state index contributed by atoms with van der Waals surface area (Å²) in [6.07, 6.45) is 3.40. The molecule has 2 unspecified atom stereocenters. The van der Waals surface area contributed by atoms with Gasteiger partial charge in [-0.15, -0.1) is 0 Å². The molecule has 5 heteroatoms. The summed E-state index contributed by atoms with van der Waals surface area (Å²) in [5.41, 5.74) is 5.95. The molecule has 0 aliphatic heterocycles. The van der Waals surface area contributed by atoms with Gasteiger partial charge in [-0.3, -0.25) is 9.59 Å². The second-order valence-corrected chi connectivity index (χ2v) is 5.32. The van der Waals surface area contributed by atoms with Gasteiger partial charge in [-0.2, -0.15) is 0 Å². The highest BCUT2D eigenvalue weighted by molar-refractivity contribution is 5.80.